The molecule has 2 N–H and O–H groups in total. The number of fused-ring (bicyclic) bond motifs is 1. The number of aryl methyl sites for hydroxylation is 1. The van der Waals surface area contributed by atoms with Gasteiger partial charge in [-0.05, 0) is 49.7 Å². The first-order valence-electron chi connectivity index (χ1n) is 9.35. The summed E-state index contributed by atoms with van der Waals surface area (Å²) in [6, 6.07) is 8.53. The quantitative estimate of drug-likeness (QED) is 0.754. The van der Waals surface area contributed by atoms with Gasteiger partial charge in [-0.2, -0.15) is 0 Å². The molecule has 0 bridgehead atoms. The van der Waals surface area contributed by atoms with Gasteiger partial charge in [0.05, 0.1) is 18.1 Å². The SMILES string of the molecule is O=C(CC1(O)CCCC1)NCCCOC1CCCc2ccccc21. The van der Waals surface area contributed by atoms with Crippen LogP contribution >= 0.6 is 0 Å². The number of nitrogens with one attached hydrogen (secondary N) is 1. The lowest BCUT2D eigenvalue weighted by Gasteiger charge is -2.25. The van der Waals surface area contributed by atoms with Gasteiger partial charge in [0.15, 0.2) is 0 Å². The second-order valence-corrected chi connectivity index (χ2v) is 7.26. The minimum atomic E-state index is -0.758. The Bertz CT molecular complexity index is 552. The highest BCUT2D eigenvalue weighted by atomic mass is 16.5. The molecule has 2 aliphatic rings. The highest BCUT2D eigenvalue weighted by Gasteiger charge is 2.33. The molecule has 1 unspecified atom stereocenters. The summed E-state index contributed by atoms with van der Waals surface area (Å²) in [6.45, 7) is 1.27. The third-order valence-corrected chi connectivity index (χ3v) is 5.30. The van der Waals surface area contributed by atoms with Gasteiger partial charge in [0.2, 0.25) is 5.91 Å². The van der Waals surface area contributed by atoms with E-state index in [4.69, 9.17) is 4.74 Å². The largest absolute Gasteiger partial charge is 0.389 e. The second kappa shape index (κ2) is 8.13. The fourth-order valence-electron chi connectivity index (χ4n) is 3.98. The van der Waals surface area contributed by atoms with Crippen LogP contribution in [0.4, 0.5) is 0 Å². The number of carbonyl (C=O) groups excluding carboxylic acids is 1. The van der Waals surface area contributed by atoms with Crippen molar-refractivity contribution >= 4 is 5.91 Å². The number of hydrogen-bond acceptors (Lipinski definition) is 3. The van der Waals surface area contributed by atoms with E-state index in [0.29, 0.717) is 13.2 Å². The predicted molar refractivity (Wildman–Crippen MR) is 93.7 cm³/mol. The highest BCUT2D eigenvalue weighted by molar-refractivity contribution is 5.77. The van der Waals surface area contributed by atoms with Crippen molar-refractivity contribution in [2.75, 3.05) is 13.2 Å². The van der Waals surface area contributed by atoms with E-state index in [9.17, 15) is 9.90 Å². The summed E-state index contributed by atoms with van der Waals surface area (Å²) in [7, 11) is 0. The Hall–Kier alpha value is -1.39. The summed E-state index contributed by atoms with van der Waals surface area (Å²) in [4.78, 5) is 11.9. The van der Waals surface area contributed by atoms with Crippen molar-refractivity contribution in [3.63, 3.8) is 0 Å². The van der Waals surface area contributed by atoms with Crippen molar-refractivity contribution in [1.29, 1.82) is 0 Å². The number of ether oxygens (including phenoxy) is 1. The molecule has 132 valence electrons. The molecule has 0 aromatic heterocycles. The van der Waals surface area contributed by atoms with Gasteiger partial charge in [-0.15, -0.1) is 0 Å². The van der Waals surface area contributed by atoms with E-state index < -0.39 is 5.60 Å². The Labute approximate surface area is 144 Å². The number of benzene rings is 1. The van der Waals surface area contributed by atoms with Crippen LogP contribution in [0, 0.1) is 0 Å². The molecule has 0 radical (unpaired) electrons. The van der Waals surface area contributed by atoms with Crippen molar-refractivity contribution in [2.24, 2.45) is 0 Å². The maximum atomic E-state index is 11.9. The van der Waals surface area contributed by atoms with E-state index in [2.05, 4.69) is 29.6 Å². The monoisotopic (exact) mass is 331 g/mol. The van der Waals surface area contributed by atoms with Gasteiger partial charge >= 0.3 is 0 Å². The summed E-state index contributed by atoms with van der Waals surface area (Å²) < 4.78 is 6.04. The number of amides is 1. The predicted octanol–water partition coefficient (Wildman–Crippen LogP) is 3.28. The van der Waals surface area contributed by atoms with E-state index in [1.165, 1.54) is 17.5 Å². The standard InChI is InChI=1S/C20H29NO3/c22-19(15-20(23)11-3-4-12-20)21-13-6-14-24-18-10-5-8-16-7-1-2-9-17(16)18/h1-2,7,9,18,23H,3-6,8,10-15H2,(H,21,22). The van der Waals surface area contributed by atoms with Gasteiger partial charge in [0, 0.05) is 13.2 Å². The topological polar surface area (TPSA) is 58.6 Å². The van der Waals surface area contributed by atoms with Crippen LogP contribution in [-0.4, -0.2) is 29.8 Å². The van der Waals surface area contributed by atoms with Crippen LogP contribution in [0.3, 0.4) is 0 Å². The number of rotatable bonds is 7. The van der Waals surface area contributed by atoms with Crippen LogP contribution in [0.25, 0.3) is 0 Å². The van der Waals surface area contributed by atoms with Gasteiger partial charge in [0.25, 0.3) is 0 Å². The van der Waals surface area contributed by atoms with Gasteiger partial charge in [0.1, 0.15) is 0 Å². The molecular formula is C20H29NO3. The summed E-state index contributed by atoms with van der Waals surface area (Å²) >= 11 is 0. The van der Waals surface area contributed by atoms with Crippen LogP contribution in [0.2, 0.25) is 0 Å². The maximum absolute atomic E-state index is 11.9. The molecule has 1 aromatic rings. The minimum Gasteiger partial charge on any atom is -0.389 e. The van der Waals surface area contributed by atoms with Crippen LogP contribution in [-0.2, 0) is 16.0 Å². The fourth-order valence-corrected chi connectivity index (χ4v) is 3.98. The Morgan fingerprint density at radius 2 is 2.04 bits per heavy atom. The third kappa shape index (κ3) is 4.58. The van der Waals surface area contributed by atoms with Crippen molar-refractivity contribution < 1.29 is 14.6 Å². The molecule has 0 aliphatic heterocycles. The number of aliphatic hydroxyl groups is 1. The lowest BCUT2D eigenvalue weighted by Crippen LogP contribution is -2.35. The van der Waals surface area contributed by atoms with Crippen LogP contribution < -0.4 is 5.32 Å². The van der Waals surface area contributed by atoms with E-state index in [-0.39, 0.29) is 18.4 Å². The normalized spacial score (nSPS) is 22.1. The molecule has 24 heavy (non-hydrogen) atoms. The molecule has 4 heteroatoms. The van der Waals surface area contributed by atoms with Crippen molar-refractivity contribution in [2.45, 2.75) is 69.5 Å². The molecule has 1 amide bonds. The van der Waals surface area contributed by atoms with Gasteiger partial charge < -0.3 is 15.2 Å². The zero-order valence-corrected chi connectivity index (χ0v) is 14.4. The van der Waals surface area contributed by atoms with Crippen LogP contribution in [0.1, 0.15) is 68.6 Å². The molecule has 1 saturated carbocycles. The second-order valence-electron chi connectivity index (χ2n) is 7.26. The van der Waals surface area contributed by atoms with Crippen molar-refractivity contribution in [1.82, 2.24) is 5.32 Å². The average molecular weight is 331 g/mol. The smallest absolute Gasteiger partial charge is 0.222 e. The molecule has 1 fully saturated rings. The zero-order valence-electron chi connectivity index (χ0n) is 14.4. The summed E-state index contributed by atoms with van der Waals surface area (Å²) in [5.41, 5.74) is 1.98. The number of carbonyl (C=O) groups is 1. The Balaban J connectivity index is 1.34. The highest BCUT2D eigenvalue weighted by Crippen LogP contribution is 2.33. The fraction of sp³-hybridized carbons (Fsp3) is 0.650. The molecule has 3 rings (SSSR count). The average Bonchev–Trinajstić information content (AvgIpc) is 3.00. The van der Waals surface area contributed by atoms with E-state index in [1.807, 2.05) is 0 Å². The van der Waals surface area contributed by atoms with Crippen LogP contribution in [0.5, 0.6) is 0 Å². The molecule has 0 saturated heterocycles. The van der Waals surface area contributed by atoms with Crippen molar-refractivity contribution in [3.8, 4) is 0 Å². The summed E-state index contributed by atoms with van der Waals surface area (Å²) in [6.07, 6.45) is 8.22. The molecule has 1 atom stereocenters. The van der Waals surface area contributed by atoms with Crippen molar-refractivity contribution in [3.05, 3.63) is 35.4 Å². The first-order valence-corrected chi connectivity index (χ1v) is 9.35. The Kier molecular flexibility index (Phi) is 5.90. The molecule has 2 aliphatic carbocycles. The summed E-state index contributed by atoms with van der Waals surface area (Å²) in [5, 5.41) is 13.2. The zero-order chi connectivity index (χ0) is 16.8. The summed E-state index contributed by atoms with van der Waals surface area (Å²) in [5.74, 6) is -0.0394. The molecule has 0 heterocycles. The first kappa shape index (κ1) is 17.4. The third-order valence-electron chi connectivity index (χ3n) is 5.30. The molecule has 0 spiro atoms. The van der Waals surface area contributed by atoms with Gasteiger partial charge in [-0.1, -0.05) is 37.1 Å². The van der Waals surface area contributed by atoms with E-state index in [0.717, 1.165) is 44.9 Å². The first-order chi connectivity index (χ1) is 11.7. The molecular weight excluding hydrogens is 302 g/mol. The van der Waals surface area contributed by atoms with E-state index >= 15 is 0 Å². The Morgan fingerprint density at radius 1 is 1.25 bits per heavy atom. The molecule has 4 nitrogen and oxygen atoms in total. The van der Waals surface area contributed by atoms with Crippen LogP contribution in [0.15, 0.2) is 24.3 Å². The van der Waals surface area contributed by atoms with Gasteiger partial charge in [-0.3, -0.25) is 4.79 Å². The van der Waals surface area contributed by atoms with Gasteiger partial charge in [-0.25, -0.2) is 0 Å². The Morgan fingerprint density at radius 3 is 2.88 bits per heavy atom. The lowest BCUT2D eigenvalue weighted by molar-refractivity contribution is -0.125. The molecule has 1 aromatic carbocycles. The maximum Gasteiger partial charge on any atom is 0.222 e. The lowest BCUT2D eigenvalue weighted by atomic mass is 9.89. The minimum absolute atomic E-state index is 0.0394. The number of hydrogen-bond donors (Lipinski definition) is 2. The van der Waals surface area contributed by atoms with E-state index in [1.54, 1.807) is 0 Å².